The molecule has 0 atom stereocenters. The number of aromatic amines is 1. The third kappa shape index (κ3) is 3.11. The van der Waals surface area contributed by atoms with Gasteiger partial charge in [0.25, 0.3) is 5.91 Å². The van der Waals surface area contributed by atoms with Crippen LogP contribution in [0.4, 0.5) is 0 Å². The minimum Gasteiger partial charge on any atom is -0.366 e. The van der Waals surface area contributed by atoms with E-state index in [0.717, 1.165) is 22.5 Å². The predicted octanol–water partition coefficient (Wildman–Crippen LogP) is 4.15. The summed E-state index contributed by atoms with van der Waals surface area (Å²) in [5, 5.41) is 3.72. The van der Waals surface area contributed by atoms with Gasteiger partial charge < -0.3 is 10.7 Å². The maximum absolute atomic E-state index is 11.8. The first-order valence-corrected chi connectivity index (χ1v) is 9.09. The van der Waals surface area contributed by atoms with Crippen molar-refractivity contribution < 1.29 is 4.79 Å². The van der Waals surface area contributed by atoms with Crippen LogP contribution in [0.5, 0.6) is 0 Å². The van der Waals surface area contributed by atoms with Crippen molar-refractivity contribution in [3.63, 3.8) is 0 Å². The Morgan fingerprint density at radius 3 is 2.21 bits per heavy atom. The van der Waals surface area contributed by atoms with Crippen molar-refractivity contribution in [3.05, 3.63) is 65.5 Å². The van der Waals surface area contributed by atoms with Gasteiger partial charge in [-0.05, 0) is 51.0 Å². The van der Waals surface area contributed by atoms with E-state index in [4.69, 9.17) is 10.7 Å². The lowest BCUT2D eigenvalue weighted by Crippen LogP contribution is -2.46. The predicted molar refractivity (Wildman–Crippen MR) is 116 cm³/mol. The van der Waals surface area contributed by atoms with Crippen LogP contribution in [0.1, 0.15) is 49.4 Å². The van der Waals surface area contributed by atoms with Crippen molar-refractivity contribution in [2.24, 2.45) is 5.73 Å². The van der Waals surface area contributed by atoms with Gasteiger partial charge in [-0.25, -0.2) is 4.98 Å². The van der Waals surface area contributed by atoms with Gasteiger partial charge >= 0.3 is 0 Å². The standard InChI is InChI=1S/C22H24N4O.ClH/c1-21(2)16(13-9-6-5-7-10-13)17(22(3,4)26-21)20-24-15-12-8-11-14(19(23)27)18(15)25-20;/h5-12,26H,1-4H3,(H2,23,27)(H,24,25);1H. The molecule has 2 heterocycles. The van der Waals surface area contributed by atoms with Crippen molar-refractivity contribution >= 4 is 40.5 Å². The number of imidazole rings is 1. The first kappa shape index (κ1) is 20.1. The average molecular weight is 397 g/mol. The van der Waals surface area contributed by atoms with Gasteiger partial charge in [0.05, 0.1) is 11.1 Å². The highest BCUT2D eigenvalue weighted by Crippen LogP contribution is 2.46. The number of aromatic nitrogens is 2. The average Bonchev–Trinajstić information content (AvgIpc) is 3.09. The Kier molecular flexibility index (Phi) is 4.86. The van der Waals surface area contributed by atoms with Gasteiger partial charge in [0.15, 0.2) is 0 Å². The lowest BCUT2D eigenvalue weighted by atomic mass is 9.85. The first-order chi connectivity index (χ1) is 12.7. The largest absolute Gasteiger partial charge is 0.366 e. The molecular weight excluding hydrogens is 372 g/mol. The number of nitrogens with one attached hydrogen (secondary N) is 2. The monoisotopic (exact) mass is 396 g/mol. The molecule has 2 aromatic carbocycles. The van der Waals surface area contributed by atoms with Crippen LogP contribution in [0.25, 0.3) is 22.2 Å². The zero-order valence-corrected chi connectivity index (χ0v) is 17.3. The number of hydrogen-bond donors (Lipinski definition) is 3. The quantitative estimate of drug-likeness (QED) is 0.621. The lowest BCUT2D eigenvalue weighted by molar-refractivity contribution is 0.100. The number of fused-ring (bicyclic) bond motifs is 1. The van der Waals surface area contributed by atoms with Crippen molar-refractivity contribution in [1.29, 1.82) is 0 Å². The smallest absolute Gasteiger partial charge is 0.250 e. The Labute approximate surface area is 170 Å². The summed E-state index contributed by atoms with van der Waals surface area (Å²) in [6.45, 7) is 8.67. The van der Waals surface area contributed by atoms with E-state index >= 15 is 0 Å². The van der Waals surface area contributed by atoms with Crippen molar-refractivity contribution in [2.75, 3.05) is 0 Å². The van der Waals surface area contributed by atoms with Gasteiger partial charge in [0, 0.05) is 16.7 Å². The molecule has 0 aliphatic carbocycles. The number of carbonyl (C=O) groups is 1. The molecule has 1 aromatic heterocycles. The van der Waals surface area contributed by atoms with Crippen LogP contribution in [-0.2, 0) is 0 Å². The van der Waals surface area contributed by atoms with Gasteiger partial charge in [-0.1, -0.05) is 36.4 Å². The molecule has 1 aliphatic heterocycles. The van der Waals surface area contributed by atoms with Crippen LogP contribution < -0.4 is 11.1 Å². The van der Waals surface area contributed by atoms with Crippen molar-refractivity contribution in [2.45, 2.75) is 38.8 Å². The van der Waals surface area contributed by atoms with E-state index in [1.165, 1.54) is 5.57 Å². The molecule has 146 valence electrons. The van der Waals surface area contributed by atoms with Crippen LogP contribution in [0, 0.1) is 0 Å². The molecule has 1 aliphatic rings. The molecule has 0 saturated heterocycles. The summed E-state index contributed by atoms with van der Waals surface area (Å²) in [6.07, 6.45) is 0. The highest BCUT2D eigenvalue weighted by molar-refractivity contribution is 6.06. The van der Waals surface area contributed by atoms with Gasteiger partial charge in [-0.15, -0.1) is 12.4 Å². The number of carbonyl (C=O) groups excluding carboxylic acids is 1. The summed E-state index contributed by atoms with van der Waals surface area (Å²) in [4.78, 5) is 20.0. The number of hydrogen-bond acceptors (Lipinski definition) is 3. The van der Waals surface area contributed by atoms with Crippen LogP contribution in [0.2, 0.25) is 0 Å². The van der Waals surface area contributed by atoms with E-state index in [1.54, 1.807) is 6.07 Å². The highest BCUT2D eigenvalue weighted by Gasteiger charge is 2.45. The molecule has 3 aromatic rings. The van der Waals surface area contributed by atoms with Crippen molar-refractivity contribution in [1.82, 2.24) is 15.3 Å². The molecule has 0 radical (unpaired) electrons. The molecule has 0 spiro atoms. The lowest BCUT2D eigenvalue weighted by Gasteiger charge is -2.28. The molecule has 0 fully saturated rings. The number of para-hydroxylation sites is 1. The number of amides is 1. The summed E-state index contributed by atoms with van der Waals surface area (Å²) < 4.78 is 0. The van der Waals surface area contributed by atoms with E-state index in [9.17, 15) is 4.79 Å². The number of nitrogens with two attached hydrogens (primary N) is 1. The van der Waals surface area contributed by atoms with E-state index in [-0.39, 0.29) is 23.5 Å². The Hall–Kier alpha value is -2.63. The second kappa shape index (κ2) is 6.76. The molecule has 0 unspecified atom stereocenters. The number of H-pyrrole nitrogens is 1. The number of benzene rings is 2. The topological polar surface area (TPSA) is 83.8 Å². The molecule has 6 heteroatoms. The fourth-order valence-electron chi connectivity index (χ4n) is 4.41. The van der Waals surface area contributed by atoms with Crippen LogP contribution in [0.15, 0.2) is 48.5 Å². The number of rotatable bonds is 3. The molecule has 4 rings (SSSR count). The fourth-order valence-corrected chi connectivity index (χ4v) is 4.41. The third-order valence-electron chi connectivity index (χ3n) is 5.20. The zero-order chi connectivity index (χ0) is 19.4. The summed E-state index contributed by atoms with van der Waals surface area (Å²) >= 11 is 0. The molecule has 0 bridgehead atoms. The van der Waals surface area contributed by atoms with Crippen LogP contribution >= 0.6 is 12.4 Å². The number of nitrogens with zero attached hydrogens (tertiary/aromatic N) is 1. The van der Waals surface area contributed by atoms with Gasteiger partial charge in [0.2, 0.25) is 0 Å². The van der Waals surface area contributed by atoms with Crippen molar-refractivity contribution in [3.8, 4) is 0 Å². The number of primary amides is 1. The Morgan fingerprint density at radius 1 is 0.929 bits per heavy atom. The molecule has 1 amide bonds. The highest BCUT2D eigenvalue weighted by atomic mass is 35.5. The zero-order valence-electron chi connectivity index (χ0n) is 16.5. The van der Waals surface area contributed by atoms with Gasteiger partial charge in [0.1, 0.15) is 11.3 Å². The Morgan fingerprint density at radius 2 is 1.57 bits per heavy atom. The normalized spacial score (nSPS) is 17.6. The molecule has 4 N–H and O–H groups in total. The van der Waals surface area contributed by atoms with E-state index in [1.807, 2.05) is 30.3 Å². The van der Waals surface area contributed by atoms with E-state index in [0.29, 0.717) is 11.1 Å². The fraction of sp³-hybridized carbons (Fsp3) is 0.273. The molecule has 0 saturated carbocycles. The Bertz CT molecular complexity index is 1080. The van der Waals surface area contributed by atoms with Gasteiger partial charge in [-0.3, -0.25) is 10.1 Å². The summed E-state index contributed by atoms with van der Waals surface area (Å²) in [7, 11) is 0. The van der Waals surface area contributed by atoms with E-state index < -0.39 is 5.91 Å². The maximum Gasteiger partial charge on any atom is 0.250 e. The summed E-state index contributed by atoms with van der Waals surface area (Å²) in [5.74, 6) is 0.292. The first-order valence-electron chi connectivity index (χ1n) is 9.09. The summed E-state index contributed by atoms with van der Waals surface area (Å²) in [5.41, 5.74) is 10.3. The second-order valence-electron chi connectivity index (χ2n) is 8.14. The molecule has 28 heavy (non-hydrogen) atoms. The minimum atomic E-state index is -0.472. The van der Waals surface area contributed by atoms with E-state index in [2.05, 4.69) is 50.1 Å². The summed E-state index contributed by atoms with van der Waals surface area (Å²) in [6, 6.07) is 15.8. The maximum atomic E-state index is 11.8. The van der Waals surface area contributed by atoms with Crippen LogP contribution in [-0.4, -0.2) is 27.0 Å². The van der Waals surface area contributed by atoms with Gasteiger partial charge in [-0.2, -0.15) is 0 Å². The second-order valence-corrected chi connectivity index (χ2v) is 8.14. The molecule has 5 nitrogen and oxygen atoms in total. The SMILES string of the molecule is CC1(C)NC(C)(C)C(c2nc3c(C(N)=O)cccc3[nH]2)=C1c1ccccc1.Cl. The molecular formula is C22H25ClN4O. The number of halogens is 1. The Balaban J connectivity index is 0.00000225. The van der Waals surface area contributed by atoms with Crippen LogP contribution in [0.3, 0.4) is 0 Å². The minimum absolute atomic E-state index is 0. The third-order valence-corrected chi connectivity index (χ3v) is 5.20.